The fourth-order valence-electron chi connectivity index (χ4n) is 4.48. The number of cyclic esters (lactones) is 1. The first kappa shape index (κ1) is 23.6. The molecule has 1 fully saturated rings. The van der Waals surface area contributed by atoms with E-state index in [4.69, 9.17) is 15.7 Å². The number of nitrogens with two attached hydrogens (primary N) is 1. The molecule has 2 atom stereocenters. The van der Waals surface area contributed by atoms with Gasteiger partial charge < -0.3 is 20.9 Å². The molecule has 0 saturated carbocycles. The lowest BCUT2D eigenvalue weighted by molar-refractivity contribution is 0.0535. The van der Waals surface area contributed by atoms with E-state index in [-0.39, 0.29) is 24.7 Å². The van der Waals surface area contributed by atoms with E-state index in [2.05, 4.69) is 26.3 Å². The van der Waals surface area contributed by atoms with Crippen molar-refractivity contribution in [2.75, 3.05) is 26.2 Å². The highest BCUT2D eigenvalue weighted by Gasteiger charge is 2.31. The number of rotatable bonds is 6. The molecule has 2 unspecified atom stereocenters. The molecule has 9 heteroatoms. The third kappa shape index (κ3) is 4.84. The normalized spacial score (nSPS) is 20.9. The third-order valence-electron chi connectivity index (χ3n) is 6.36. The Morgan fingerprint density at radius 3 is 2.97 bits per heavy atom. The number of piperazine rings is 1. The summed E-state index contributed by atoms with van der Waals surface area (Å²) in [5, 5.41) is 22.5. The second-order valence-electron chi connectivity index (χ2n) is 8.64. The zero-order chi connectivity index (χ0) is 24.2. The van der Waals surface area contributed by atoms with Gasteiger partial charge in [-0.25, -0.2) is 14.8 Å². The number of nitrogens with zero attached hydrogens (tertiary/aromatic N) is 4. The molecule has 0 radical (unpaired) electrons. The van der Waals surface area contributed by atoms with Crippen LogP contribution in [-0.2, 0) is 11.3 Å². The van der Waals surface area contributed by atoms with E-state index in [0.717, 1.165) is 27.8 Å². The summed E-state index contributed by atoms with van der Waals surface area (Å²) in [4.78, 5) is 22.7. The first-order chi connectivity index (χ1) is 16.4. The zero-order valence-corrected chi connectivity index (χ0v) is 19.3. The van der Waals surface area contributed by atoms with Crippen LogP contribution < -0.4 is 11.1 Å². The van der Waals surface area contributed by atoms with Crippen LogP contribution in [0, 0.1) is 25.2 Å². The first-order valence-corrected chi connectivity index (χ1v) is 11.1. The molecule has 1 aromatic heterocycles. The molecule has 0 spiro atoms. The van der Waals surface area contributed by atoms with Gasteiger partial charge in [0.15, 0.2) is 5.82 Å². The van der Waals surface area contributed by atoms with Crippen LogP contribution in [0.2, 0.25) is 0 Å². The number of aliphatic imine (C=N–C) groups is 1. The number of carbonyl (C=O) groups excluding carboxylic acids is 1. The number of benzene rings is 1. The Bertz CT molecular complexity index is 1200. The van der Waals surface area contributed by atoms with Crippen LogP contribution in [0.15, 0.2) is 41.2 Å². The summed E-state index contributed by atoms with van der Waals surface area (Å²) >= 11 is 0. The van der Waals surface area contributed by atoms with Crippen molar-refractivity contribution in [3.05, 3.63) is 69.5 Å². The van der Waals surface area contributed by atoms with Crippen molar-refractivity contribution in [2.45, 2.75) is 32.5 Å². The molecule has 2 aromatic rings. The number of nitrogens with one attached hydrogen (secondary N) is 1. The Morgan fingerprint density at radius 2 is 2.26 bits per heavy atom. The number of fused-ring (bicyclic) bond motifs is 1. The summed E-state index contributed by atoms with van der Waals surface area (Å²) in [7, 11) is 0. The van der Waals surface area contributed by atoms with Gasteiger partial charge in [0.25, 0.3) is 0 Å². The van der Waals surface area contributed by atoms with Crippen LogP contribution in [0.5, 0.6) is 0 Å². The lowest BCUT2D eigenvalue weighted by atomic mass is 9.92. The van der Waals surface area contributed by atoms with Gasteiger partial charge in [-0.15, -0.1) is 0 Å². The number of aliphatic hydroxyl groups excluding tert-OH is 1. The zero-order valence-electron chi connectivity index (χ0n) is 19.3. The van der Waals surface area contributed by atoms with Gasteiger partial charge in [-0.3, -0.25) is 4.90 Å². The fraction of sp³-hybridized carbons (Fsp3) is 0.360. The molecule has 1 saturated heterocycles. The van der Waals surface area contributed by atoms with Gasteiger partial charge in [0, 0.05) is 49.7 Å². The molecule has 0 amide bonds. The Balaban J connectivity index is 1.50. The lowest BCUT2D eigenvalue weighted by Crippen LogP contribution is -2.54. The number of aliphatic hydroxyl groups is 1. The Hall–Kier alpha value is -3.58. The number of hydrogen-bond donors (Lipinski definition) is 3. The number of pyridine rings is 1. The van der Waals surface area contributed by atoms with E-state index in [1.807, 2.05) is 26.0 Å². The molecule has 0 bridgehead atoms. The maximum absolute atomic E-state index is 11.9. The van der Waals surface area contributed by atoms with E-state index in [1.165, 1.54) is 12.4 Å². The molecule has 2 aliphatic rings. The number of nitriles is 1. The van der Waals surface area contributed by atoms with E-state index in [1.54, 1.807) is 12.3 Å². The van der Waals surface area contributed by atoms with Crippen LogP contribution in [0.25, 0.3) is 0 Å². The number of ether oxygens (including phenoxy) is 1. The van der Waals surface area contributed by atoms with Gasteiger partial charge >= 0.3 is 5.97 Å². The number of hydrogen-bond acceptors (Lipinski definition) is 9. The number of esters is 1. The summed E-state index contributed by atoms with van der Waals surface area (Å²) in [6.07, 6.45) is 4.72. The summed E-state index contributed by atoms with van der Waals surface area (Å²) in [6.45, 7) is 6.06. The molecule has 4 rings (SSSR count). The molecular formula is C25H28N6O3. The average molecular weight is 461 g/mol. The summed E-state index contributed by atoms with van der Waals surface area (Å²) < 4.78 is 5.19. The summed E-state index contributed by atoms with van der Waals surface area (Å²) in [5.74, 6) is 0.230. The van der Waals surface area contributed by atoms with Crippen molar-refractivity contribution < 1.29 is 14.6 Å². The molecule has 1 aromatic carbocycles. The van der Waals surface area contributed by atoms with Crippen LogP contribution in [0.4, 0.5) is 5.82 Å². The molecular weight excluding hydrogens is 432 g/mol. The number of aromatic nitrogens is 1. The van der Waals surface area contributed by atoms with Gasteiger partial charge in [-0.05, 0) is 54.4 Å². The molecule has 2 aliphatic heterocycles. The summed E-state index contributed by atoms with van der Waals surface area (Å²) in [5.41, 5.74) is 11.7. The SMILES string of the molecule is Cc1cc(N=CC(=CN)CN2CC(CO)NC(c3ccc4c(c3C)COC4=O)C2)ncc1C#N. The van der Waals surface area contributed by atoms with E-state index < -0.39 is 0 Å². The van der Waals surface area contributed by atoms with E-state index >= 15 is 0 Å². The Morgan fingerprint density at radius 1 is 1.44 bits per heavy atom. The molecule has 3 heterocycles. The third-order valence-corrected chi connectivity index (χ3v) is 6.36. The molecule has 176 valence electrons. The monoisotopic (exact) mass is 460 g/mol. The minimum absolute atomic E-state index is 0.00276. The van der Waals surface area contributed by atoms with Crippen molar-refractivity contribution in [3.63, 3.8) is 0 Å². The second-order valence-corrected chi connectivity index (χ2v) is 8.64. The Labute approximate surface area is 198 Å². The maximum Gasteiger partial charge on any atom is 0.338 e. The highest BCUT2D eigenvalue weighted by Crippen LogP contribution is 2.31. The number of aryl methyl sites for hydroxylation is 1. The fourth-order valence-corrected chi connectivity index (χ4v) is 4.48. The number of carbonyl (C=O) groups is 1. The van der Waals surface area contributed by atoms with Crippen molar-refractivity contribution >= 4 is 18.0 Å². The lowest BCUT2D eigenvalue weighted by Gasteiger charge is -2.39. The molecule has 4 N–H and O–H groups in total. The van der Waals surface area contributed by atoms with Gasteiger partial charge in [0.1, 0.15) is 12.7 Å². The predicted octanol–water partition coefficient (Wildman–Crippen LogP) is 1.79. The van der Waals surface area contributed by atoms with Gasteiger partial charge in [-0.2, -0.15) is 5.26 Å². The minimum Gasteiger partial charge on any atom is -0.457 e. The standard InChI is InChI=1S/C25H28N6O3/c1-15-5-24(29-9-18(15)7-27)28-8-17(6-26)10-31-11-19(13-32)30-23(12-31)20-3-4-21-22(16(20)2)14-34-25(21)33/h3-6,8-9,19,23,30,32H,10-14,26H2,1-2H3. The van der Waals surface area contributed by atoms with E-state index in [9.17, 15) is 9.90 Å². The largest absolute Gasteiger partial charge is 0.457 e. The van der Waals surface area contributed by atoms with Crippen molar-refractivity contribution in [3.8, 4) is 6.07 Å². The van der Waals surface area contributed by atoms with Gasteiger partial charge in [0.2, 0.25) is 0 Å². The average Bonchev–Trinajstić information content (AvgIpc) is 3.23. The van der Waals surface area contributed by atoms with Crippen LogP contribution in [0.3, 0.4) is 0 Å². The molecule has 0 aliphatic carbocycles. The molecule has 9 nitrogen and oxygen atoms in total. The van der Waals surface area contributed by atoms with Crippen LogP contribution in [0.1, 0.15) is 44.2 Å². The second kappa shape index (κ2) is 10.1. The van der Waals surface area contributed by atoms with Crippen LogP contribution in [-0.4, -0.2) is 59.5 Å². The minimum atomic E-state index is -0.278. The van der Waals surface area contributed by atoms with Crippen molar-refractivity contribution in [2.24, 2.45) is 10.7 Å². The van der Waals surface area contributed by atoms with Crippen LogP contribution >= 0.6 is 0 Å². The van der Waals surface area contributed by atoms with Gasteiger partial charge in [-0.1, -0.05) is 6.07 Å². The van der Waals surface area contributed by atoms with Crippen molar-refractivity contribution in [1.82, 2.24) is 15.2 Å². The Kier molecular flexibility index (Phi) is 7.03. The summed E-state index contributed by atoms with van der Waals surface area (Å²) in [6, 6.07) is 7.52. The van der Waals surface area contributed by atoms with Crippen molar-refractivity contribution in [1.29, 1.82) is 5.26 Å². The quantitative estimate of drug-likeness (QED) is 0.438. The molecule has 34 heavy (non-hydrogen) atoms. The highest BCUT2D eigenvalue weighted by molar-refractivity contribution is 5.94. The topological polar surface area (TPSA) is 137 Å². The highest BCUT2D eigenvalue weighted by atomic mass is 16.5. The van der Waals surface area contributed by atoms with Gasteiger partial charge in [0.05, 0.1) is 17.7 Å². The smallest absolute Gasteiger partial charge is 0.338 e. The maximum atomic E-state index is 11.9. The predicted molar refractivity (Wildman–Crippen MR) is 128 cm³/mol. The van der Waals surface area contributed by atoms with E-state index in [0.29, 0.717) is 43.2 Å². The first-order valence-electron chi connectivity index (χ1n) is 11.1.